The summed E-state index contributed by atoms with van der Waals surface area (Å²) in [6.07, 6.45) is 1.45. The van der Waals surface area contributed by atoms with Crippen molar-refractivity contribution in [3.8, 4) is 5.69 Å². The molecule has 0 spiro atoms. The quantitative estimate of drug-likeness (QED) is 0.707. The lowest BCUT2D eigenvalue weighted by molar-refractivity contribution is -0.119. The molecule has 1 aromatic heterocycles. The molecule has 0 saturated carbocycles. The summed E-state index contributed by atoms with van der Waals surface area (Å²) < 4.78 is 6.53. The molecule has 0 unspecified atom stereocenters. The van der Waals surface area contributed by atoms with Gasteiger partial charge in [-0.25, -0.2) is 9.48 Å². The summed E-state index contributed by atoms with van der Waals surface area (Å²) in [6, 6.07) is 12.3. The van der Waals surface area contributed by atoms with E-state index in [0.717, 1.165) is 11.1 Å². The molecule has 1 amide bonds. The minimum Gasteiger partial charge on any atom is -0.452 e. The van der Waals surface area contributed by atoms with Crippen LogP contribution in [-0.4, -0.2) is 38.7 Å². The molecule has 0 atom stereocenters. The first kappa shape index (κ1) is 17.3. The number of nitrogens with zero attached hydrogens (tertiary/aromatic N) is 4. The first-order valence-corrected chi connectivity index (χ1v) is 7.90. The molecule has 0 fully saturated rings. The van der Waals surface area contributed by atoms with Gasteiger partial charge in [0.15, 0.2) is 6.61 Å². The average Bonchev–Trinajstić information content (AvgIpc) is 3.17. The van der Waals surface area contributed by atoms with E-state index < -0.39 is 11.9 Å². The van der Waals surface area contributed by atoms with Crippen LogP contribution in [0.4, 0.5) is 5.69 Å². The molecular weight excluding hydrogens is 334 g/mol. The Morgan fingerprint density at radius 2 is 1.88 bits per heavy atom. The molecule has 1 N–H and O–H groups in total. The number of hydrogen-bond donors (Lipinski definition) is 1. The normalized spacial score (nSPS) is 10.4. The van der Waals surface area contributed by atoms with Gasteiger partial charge in [0.05, 0.1) is 11.3 Å². The van der Waals surface area contributed by atoms with Crippen LogP contribution < -0.4 is 5.32 Å². The molecule has 3 rings (SSSR count). The van der Waals surface area contributed by atoms with Gasteiger partial charge in [-0.15, -0.1) is 5.10 Å². The summed E-state index contributed by atoms with van der Waals surface area (Å²) in [4.78, 5) is 24.1. The number of aromatic nitrogens is 4. The van der Waals surface area contributed by atoms with E-state index >= 15 is 0 Å². The summed E-state index contributed by atoms with van der Waals surface area (Å²) in [6.45, 7) is 3.47. The highest BCUT2D eigenvalue weighted by Crippen LogP contribution is 2.16. The van der Waals surface area contributed by atoms with Crippen LogP contribution in [0, 0.1) is 13.8 Å². The number of tetrazole rings is 1. The van der Waals surface area contributed by atoms with Crippen molar-refractivity contribution < 1.29 is 14.3 Å². The van der Waals surface area contributed by atoms with Gasteiger partial charge in [-0.1, -0.05) is 12.1 Å². The Kier molecular flexibility index (Phi) is 5.02. The van der Waals surface area contributed by atoms with Crippen molar-refractivity contribution in [3.05, 3.63) is 65.5 Å². The van der Waals surface area contributed by atoms with Gasteiger partial charge >= 0.3 is 5.97 Å². The SMILES string of the molecule is Cc1ccc(C)c(NC(=O)COC(=O)c2ccc(-n3cnnn3)cc2)c1. The number of esters is 1. The number of aryl methyl sites for hydroxylation is 2. The summed E-state index contributed by atoms with van der Waals surface area (Å²) in [5, 5.41) is 13.6. The van der Waals surface area contributed by atoms with Gasteiger partial charge in [0.2, 0.25) is 0 Å². The van der Waals surface area contributed by atoms with Gasteiger partial charge < -0.3 is 10.1 Å². The first-order chi connectivity index (χ1) is 12.5. The van der Waals surface area contributed by atoms with Crippen LogP contribution in [0.5, 0.6) is 0 Å². The van der Waals surface area contributed by atoms with Crippen molar-refractivity contribution in [1.82, 2.24) is 20.2 Å². The molecule has 132 valence electrons. The van der Waals surface area contributed by atoms with Crippen molar-refractivity contribution >= 4 is 17.6 Å². The van der Waals surface area contributed by atoms with Gasteiger partial charge in [0, 0.05) is 5.69 Å². The molecule has 0 saturated heterocycles. The third-order valence-corrected chi connectivity index (χ3v) is 3.72. The van der Waals surface area contributed by atoms with E-state index in [0.29, 0.717) is 16.9 Å². The number of benzene rings is 2. The van der Waals surface area contributed by atoms with Gasteiger partial charge in [-0.2, -0.15) is 0 Å². The summed E-state index contributed by atoms with van der Waals surface area (Å²) in [7, 11) is 0. The second kappa shape index (κ2) is 7.56. The third kappa shape index (κ3) is 4.10. The highest BCUT2D eigenvalue weighted by atomic mass is 16.5. The predicted molar refractivity (Wildman–Crippen MR) is 94.0 cm³/mol. The minimum atomic E-state index is -0.579. The van der Waals surface area contributed by atoms with Crippen LogP contribution in [0.25, 0.3) is 5.69 Å². The smallest absolute Gasteiger partial charge is 0.338 e. The number of anilines is 1. The average molecular weight is 351 g/mol. The second-order valence-corrected chi connectivity index (χ2v) is 5.74. The Bertz CT molecular complexity index is 921. The first-order valence-electron chi connectivity index (χ1n) is 7.90. The fraction of sp³-hybridized carbons (Fsp3) is 0.167. The van der Waals surface area contributed by atoms with Crippen LogP contribution in [0.3, 0.4) is 0 Å². The highest BCUT2D eigenvalue weighted by molar-refractivity contribution is 5.96. The number of amides is 1. The van der Waals surface area contributed by atoms with Crippen molar-refractivity contribution in [2.24, 2.45) is 0 Å². The Balaban J connectivity index is 1.56. The van der Waals surface area contributed by atoms with Crippen LogP contribution in [0.15, 0.2) is 48.8 Å². The molecule has 8 heteroatoms. The Morgan fingerprint density at radius 3 is 2.58 bits per heavy atom. The molecule has 0 aliphatic carbocycles. The van der Waals surface area contributed by atoms with E-state index in [-0.39, 0.29) is 6.61 Å². The summed E-state index contributed by atoms with van der Waals surface area (Å²) in [5.74, 6) is -0.971. The Labute approximate surface area is 149 Å². The fourth-order valence-corrected chi connectivity index (χ4v) is 2.30. The molecule has 0 aliphatic heterocycles. The highest BCUT2D eigenvalue weighted by Gasteiger charge is 2.11. The summed E-state index contributed by atoms with van der Waals surface area (Å²) in [5.41, 5.74) is 3.72. The maximum absolute atomic E-state index is 12.1. The lowest BCUT2D eigenvalue weighted by Crippen LogP contribution is -2.21. The number of ether oxygens (including phenoxy) is 1. The van der Waals surface area contributed by atoms with E-state index in [1.165, 1.54) is 11.0 Å². The van der Waals surface area contributed by atoms with Crippen molar-refractivity contribution in [2.75, 3.05) is 11.9 Å². The largest absolute Gasteiger partial charge is 0.452 e. The maximum Gasteiger partial charge on any atom is 0.338 e. The molecule has 3 aromatic rings. The zero-order valence-electron chi connectivity index (χ0n) is 14.3. The molecule has 8 nitrogen and oxygen atoms in total. The van der Waals surface area contributed by atoms with Crippen LogP contribution >= 0.6 is 0 Å². The van der Waals surface area contributed by atoms with Gasteiger partial charge in [0.25, 0.3) is 5.91 Å². The molecular formula is C18H17N5O3. The number of carbonyl (C=O) groups excluding carboxylic acids is 2. The van der Waals surface area contributed by atoms with E-state index in [4.69, 9.17) is 4.74 Å². The zero-order valence-corrected chi connectivity index (χ0v) is 14.3. The van der Waals surface area contributed by atoms with Crippen molar-refractivity contribution in [1.29, 1.82) is 0 Å². The predicted octanol–water partition coefficient (Wildman–Crippen LogP) is 2.07. The van der Waals surface area contributed by atoms with Gasteiger partial charge in [-0.05, 0) is 65.7 Å². The van der Waals surface area contributed by atoms with Crippen molar-refractivity contribution in [3.63, 3.8) is 0 Å². The standard InChI is InChI=1S/C18H17N5O3/c1-12-3-4-13(2)16(9-12)20-17(24)10-26-18(25)14-5-7-15(8-6-14)23-11-19-21-22-23/h3-9,11H,10H2,1-2H3,(H,20,24). The third-order valence-electron chi connectivity index (χ3n) is 3.72. The lowest BCUT2D eigenvalue weighted by Gasteiger charge is -2.10. The van der Waals surface area contributed by atoms with Crippen LogP contribution in [0.2, 0.25) is 0 Å². The molecule has 0 radical (unpaired) electrons. The Hall–Kier alpha value is -3.55. The monoisotopic (exact) mass is 351 g/mol. The lowest BCUT2D eigenvalue weighted by atomic mass is 10.1. The van der Waals surface area contributed by atoms with Gasteiger partial charge in [0.1, 0.15) is 6.33 Å². The number of carbonyl (C=O) groups is 2. The van der Waals surface area contributed by atoms with Crippen LogP contribution in [0.1, 0.15) is 21.5 Å². The molecule has 0 aliphatic rings. The molecule has 0 bridgehead atoms. The number of rotatable bonds is 5. The second-order valence-electron chi connectivity index (χ2n) is 5.74. The van der Waals surface area contributed by atoms with E-state index in [2.05, 4.69) is 20.8 Å². The van der Waals surface area contributed by atoms with E-state index in [9.17, 15) is 9.59 Å². The minimum absolute atomic E-state index is 0.335. The number of nitrogens with one attached hydrogen (secondary N) is 1. The molecule has 2 aromatic carbocycles. The molecule has 26 heavy (non-hydrogen) atoms. The summed E-state index contributed by atoms with van der Waals surface area (Å²) >= 11 is 0. The van der Waals surface area contributed by atoms with E-state index in [1.807, 2.05) is 32.0 Å². The maximum atomic E-state index is 12.1. The Morgan fingerprint density at radius 1 is 1.12 bits per heavy atom. The zero-order chi connectivity index (χ0) is 18.5. The molecule has 1 heterocycles. The number of hydrogen-bond acceptors (Lipinski definition) is 6. The van der Waals surface area contributed by atoms with Crippen molar-refractivity contribution in [2.45, 2.75) is 13.8 Å². The fourth-order valence-electron chi connectivity index (χ4n) is 2.30. The van der Waals surface area contributed by atoms with Crippen LogP contribution in [-0.2, 0) is 9.53 Å². The topological polar surface area (TPSA) is 99.0 Å². The van der Waals surface area contributed by atoms with Gasteiger partial charge in [-0.3, -0.25) is 4.79 Å². The van der Waals surface area contributed by atoms with E-state index in [1.54, 1.807) is 24.3 Å².